The molecule has 1 atom stereocenters. The van der Waals surface area contributed by atoms with Gasteiger partial charge in [0, 0.05) is 19.6 Å². The second kappa shape index (κ2) is 5.70. The van der Waals surface area contributed by atoms with Crippen molar-refractivity contribution in [3.63, 3.8) is 0 Å². The maximum absolute atomic E-state index is 9.19. The third kappa shape index (κ3) is 2.78. The average molecular weight is 257 g/mol. The van der Waals surface area contributed by atoms with Gasteiger partial charge in [-0.05, 0) is 16.3 Å². The second-order valence-electron chi connectivity index (χ2n) is 5.05. The number of rotatable bonds is 3. The topological polar surface area (TPSA) is 32.7 Å². The molecule has 2 aromatic carbocycles. The Balaban J connectivity index is 1.81. The van der Waals surface area contributed by atoms with Crippen LogP contribution in [0.1, 0.15) is 5.56 Å². The fraction of sp³-hybridized carbons (Fsp3) is 0.375. The Morgan fingerprint density at radius 2 is 2.00 bits per heavy atom. The molecule has 3 rings (SSSR count). The molecule has 1 aliphatic rings. The zero-order valence-corrected chi connectivity index (χ0v) is 11.0. The van der Waals surface area contributed by atoms with Gasteiger partial charge in [0.1, 0.15) is 0 Å². The maximum Gasteiger partial charge on any atom is 0.0933 e. The van der Waals surface area contributed by atoms with Gasteiger partial charge >= 0.3 is 0 Å². The first-order chi connectivity index (χ1) is 9.36. The molecule has 0 amide bonds. The first-order valence-electron chi connectivity index (χ1n) is 6.78. The van der Waals surface area contributed by atoms with Crippen molar-refractivity contribution in [3.05, 3.63) is 48.0 Å². The Kier molecular flexibility index (Phi) is 3.78. The SMILES string of the molecule is OCC1CN(Cc2cccc3ccccc23)CCO1. The Morgan fingerprint density at radius 1 is 1.16 bits per heavy atom. The molecular formula is C16H19NO2. The van der Waals surface area contributed by atoms with Crippen molar-refractivity contribution in [2.75, 3.05) is 26.3 Å². The second-order valence-corrected chi connectivity index (χ2v) is 5.05. The molecule has 0 aliphatic carbocycles. The number of aliphatic hydroxyl groups is 1. The molecule has 0 radical (unpaired) electrons. The van der Waals surface area contributed by atoms with Crippen LogP contribution in [0, 0.1) is 0 Å². The maximum atomic E-state index is 9.19. The van der Waals surface area contributed by atoms with Crippen molar-refractivity contribution in [3.8, 4) is 0 Å². The van der Waals surface area contributed by atoms with E-state index in [2.05, 4.69) is 47.4 Å². The summed E-state index contributed by atoms with van der Waals surface area (Å²) in [6.45, 7) is 3.46. The first-order valence-corrected chi connectivity index (χ1v) is 6.78. The highest BCUT2D eigenvalue weighted by Gasteiger charge is 2.19. The van der Waals surface area contributed by atoms with Gasteiger partial charge in [0.25, 0.3) is 0 Å². The van der Waals surface area contributed by atoms with E-state index in [4.69, 9.17) is 4.74 Å². The molecule has 19 heavy (non-hydrogen) atoms. The van der Waals surface area contributed by atoms with Gasteiger partial charge < -0.3 is 9.84 Å². The van der Waals surface area contributed by atoms with Crippen LogP contribution in [0.4, 0.5) is 0 Å². The van der Waals surface area contributed by atoms with E-state index in [1.165, 1.54) is 16.3 Å². The summed E-state index contributed by atoms with van der Waals surface area (Å²) in [6, 6.07) is 14.9. The van der Waals surface area contributed by atoms with Gasteiger partial charge in [-0.3, -0.25) is 4.90 Å². The van der Waals surface area contributed by atoms with E-state index in [9.17, 15) is 5.11 Å². The summed E-state index contributed by atoms with van der Waals surface area (Å²) in [5, 5.41) is 11.8. The van der Waals surface area contributed by atoms with Crippen molar-refractivity contribution in [1.82, 2.24) is 4.90 Å². The summed E-state index contributed by atoms with van der Waals surface area (Å²) < 4.78 is 5.49. The molecule has 0 aromatic heterocycles. The minimum absolute atomic E-state index is 0.0382. The number of morpholine rings is 1. The van der Waals surface area contributed by atoms with E-state index in [0.717, 1.165) is 19.6 Å². The van der Waals surface area contributed by atoms with E-state index in [-0.39, 0.29) is 12.7 Å². The Labute approximate surface area is 113 Å². The van der Waals surface area contributed by atoms with Crippen molar-refractivity contribution in [2.24, 2.45) is 0 Å². The quantitative estimate of drug-likeness (QED) is 0.913. The molecule has 100 valence electrons. The fourth-order valence-corrected chi connectivity index (χ4v) is 2.71. The lowest BCUT2D eigenvalue weighted by Gasteiger charge is -2.32. The van der Waals surface area contributed by atoms with Crippen molar-refractivity contribution in [1.29, 1.82) is 0 Å². The summed E-state index contributed by atoms with van der Waals surface area (Å²) in [6.07, 6.45) is -0.0382. The van der Waals surface area contributed by atoms with Gasteiger partial charge in [0.2, 0.25) is 0 Å². The molecule has 1 heterocycles. The third-order valence-electron chi connectivity index (χ3n) is 3.70. The molecule has 3 nitrogen and oxygen atoms in total. The number of ether oxygens (including phenoxy) is 1. The van der Waals surface area contributed by atoms with Crippen LogP contribution in [0.25, 0.3) is 10.8 Å². The van der Waals surface area contributed by atoms with Gasteiger partial charge in [-0.25, -0.2) is 0 Å². The fourth-order valence-electron chi connectivity index (χ4n) is 2.71. The molecular weight excluding hydrogens is 238 g/mol. The monoisotopic (exact) mass is 257 g/mol. The largest absolute Gasteiger partial charge is 0.394 e. The molecule has 3 heteroatoms. The summed E-state index contributed by atoms with van der Waals surface area (Å²) in [5.41, 5.74) is 1.34. The number of nitrogens with zero attached hydrogens (tertiary/aromatic N) is 1. The third-order valence-corrected chi connectivity index (χ3v) is 3.70. The molecule has 1 saturated heterocycles. The number of benzene rings is 2. The standard InChI is InChI=1S/C16H19NO2/c18-12-15-11-17(8-9-19-15)10-14-6-3-5-13-4-1-2-7-16(13)14/h1-7,15,18H,8-12H2. The van der Waals surface area contributed by atoms with E-state index in [1.807, 2.05) is 0 Å². The smallest absolute Gasteiger partial charge is 0.0933 e. The molecule has 1 aliphatic heterocycles. The van der Waals surface area contributed by atoms with E-state index in [0.29, 0.717) is 6.61 Å². The number of fused-ring (bicyclic) bond motifs is 1. The lowest BCUT2D eigenvalue weighted by atomic mass is 10.0. The van der Waals surface area contributed by atoms with Gasteiger partial charge in [-0.2, -0.15) is 0 Å². The van der Waals surface area contributed by atoms with Crippen LogP contribution in [-0.4, -0.2) is 42.4 Å². The predicted octanol–water partition coefficient (Wildman–Crippen LogP) is 2.03. The average Bonchev–Trinajstić information content (AvgIpc) is 2.48. The molecule has 0 bridgehead atoms. The van der Waals surface area contributed by atoms with Gasteiger partial charge in [0.05, 0.1) is 19.3 Å². The Morgan fingerprint density at radius 3 is 2.89 bits per heavy atom. The predicted molar refractivity (Wildman–Crippen MR) is 76.1 cm³/mol. The summed E-state index contributed by atoms with van der Waals surface area (Å²) in [7, 11) is 0. The summed E-state index contributed by atoms with van der Waals surface area (Å²) in [5.74, 6) is 0. The Hall–Kier alpha value is -1.42. The highest BCUT2D eigenvalue weighted by atomic mass is 16.5. The molecule has 1 unspecified atom stereocenters. The minimum Gasteiger partial charge on any atom is -0.394 e. The number of hydrogen-bond acceptors (Lipinski definition) is 3. The van der Waals surface area contributed by atoms with E-state index in [1.54, 1.807) is 0 Å². The van der Waals surface area contributed by atoms with E-state index >= 15 is 0 Å². The molecule has 0 spiro atoms. The van der Waals surface area contributed by atoms with Crippen LogP contribution in [0.5, 0.6) is 0 Å². The molecule has 0 saturated carbocycles. The van der Waals surface area contributed by atoms with Gasteiger partial charge in [-0.15, -0.1) is 0 Å². The first kappa shape index (κ1) is 12.6. The normalized spacial score (nSPS) is 20.8. The Bertz CT molecular complexity index is 550. The highest BCUT2D eigenvalue weighted by molar-refractivity contribution is 5.85. The highest BCUT2D eigenvalue weighted by Crippen LogP contribution is 2.20. The number of aliphatic hydroxyl groups excluding tert-OH is 1. The zero-order valence-electron chi connectivity index (χ0n) is 11.0. The summed E-state index contributed by atoms with van der Waals surface area (Å²) in [4.78, 5) is 2.35. The van der Waals surface area contributed by atoms with Crippen LogP contribution >= 0.6 is 0 Å². The van der Waals surface area contributed by atoms with Crippen LogP contribution < -0.4 is 0 Å². The lowest BCUT2D eigenvalue weighted by molar-refractivity contribution is -0.0550. The van der Waals surface area contributed by atoms with Crippen molar-refractivity contribution >= 4 is 10.8 Å². The van der Waals surface area contributed by atoms with Crippen molar-refractivity contribution < 1.29 is 9.84 Å². The van der Waals surface area contributed by atoms with Crippen LogP contribution in [-0.2, 0) is 11.3 Å². The van der Waals surface area contributed by atoms with Crippen LogP contribution in [0.15, 0.2) is 42.5 Å². The molecule has 1 fully saturated rings. The van der Waals surface area contributed by atoms with Crippen LogP contribution in [0.2, 0.25) is 0 Å². The minimum atomic E-state index is -0.0382. The lowest BCUT2D eigenvalue weighted by Crippen LogP contribution is -2.43. The number of hydrogen-bond donors (Lipinski definition) is 1. The van der Waals surface area contributed by atoms with Gasteiger partial charge in [0.15, 0.2) is 0 Å². The molecule has 1 N–H and O–H groups in total. The summed E-state index contributed by atoms with van der Waals surface area (Å²) >= 11 is 0. The van der Waals surface area contributed by atoms with E-state index < -0.39 is 0 Å². The zero-order chi connectivity index (χ0) is 13.1. The molecule has 2 aromatic rings. The van der Waals surface area contributed by atoms with Gasteiger partial charge in [-0.1, -0.05) is 42.5 Å². The van der Waals surface area contributed by atoms with Crippen LogP contribution in [0.3, 0.4) is 0 Å². The van der Waals surface area contributed by atoms with Crippen molar-refractivity contribution in [2.45, 2.75) is 12.6 Å².